The molecule has 0 aromatic heterocycles. The Morgan fingerprint density at radius 2 is 1.96 bits per heavy atom. The van der Waals surface area contributed by atoms with Crippen LogP contribution in [0.25, 0.3) is 0 Å². The Balaban J connectivity index is 1.98. The normalized spacial score (nSPS) is 11.7. The smallest absolute Gasteiger partial charge is 0.237 e. The number of amides is 1. The molecule has 134 valence electrons. The summed E-state index contributed by atoms with van der Waals surface area (Å²) in [5, 5.41) is 3.27. The molecule has 0 saturated heterocycles. The van der Waals surface area contributed by atoms with Crippen LogP contribution in [-0.4, -0.2) is 25.7 Å². The van der Waals surface area contributed by atoms with Crippen molar-refractivity contribution in [3.8, 4) is 11.5 Å². The molecule has 5 nitrogen and oxygen atoms in total. The maximum absolute atomic E-state index is 12.2. The molecule has 3 N–H and O–H groups in total. The van der Waals surface area contributed by atoms with Gasteiger partial charge in [0.2, 0.25) is 5.91 Å². The summed E-state index contributed by atoms with van der Waals surface area (Å²) in [4.78, 5) is 12.2. The van der Waals surface area contributed by atoms with E-state index in [-0.39, 0.29) is 5.91 Å². The van der Waals surface area contributed by atoms with Crippen LogP contribution in [0.15, 0.2) is 42.5 Å². The summed E-state index contributed by atoms with van der Waals surface area (Å²) in [6.45, 7) is 2.67. The number of benzene rings is 2. The van der Waals surface area contributed by atoms with Crippen LogP contribution in [0.2, 0.25) is 5.02 Å². The summed E-state index contributed by atoms with van der Waals surface area (Å²) in [5.41, 5.74) is 7.81. The SMILES string of the molecule is CCOc1c(Cl)cc(CNC(=O)[C@@H](N)Cc2ccccc2)cc1OC. The Hall–Kier alpha value is -2.24. The lowest BCUT2D eigenvalue weighted by molar-refractivity contribution is -0.122. The van der Waals surface area contributed by atoms with Crippen LogP contribution in [0.5, 0.6) is 11.5 Å². The third-order valence-electron chi connectivity index (χ3n) is 3.68. The van der Waals surface area contributed by atoms with Crippen molar-refractivity contribution in [2.24, 2.45) is 5.73 Å². The first-order chi connectivity index (χ1) is 12.0. The second-order valence-electron chi connectivity index (χ2n) is 5.56. The molecule has 0 unspecified atom stereocenters. The molecule has 0 saturated carbocycles. The van der Waals surface area contributed by atoms with Crippen LogP contribution in [0.1, 0.15) is 18.1 Å². The number of rotatable bonds is 8. The van der Waals surface area contributed by atoms with E-state index in [0.29, 0.717) is 36.1 Å². The zero-order chi connectivity index (χ0) is 18.2. The Morgan fingerprint density at radius 1 is 1.24 bits per heavy atom. The number of hydrogen-bond acceptors (Lipinski definition) is 4. The molecule has 2 aromatic rings. The lowest BCUT2D eigenvalue weighted by Gasteiger charge is -2.15. The van der Waals surface area contributed by atoms with Crippen molar-refractivity contribution >= 4 is 17.5 Å². The molecule has 0 bridgehead atoms. The predicted molar refractivity (Wildman–Crippen MR) is 99.1 cm³/mol. The highest BCUT2D eigenvalue weighted by atomic mass is 35.5. The zero-order valence-electron chi connectivity index (χ0n) is 14.4. The van der Waals surface area contributed by atoms with Gasteiger partial charge in [0.25, 0.3) is 0 Å². The van der Waals surface area contributed by atoms with E-state index in [4.69, 9.17) is 26.8 Å². The van der Waals surface area contributed by atoms with Crippen LogP contribution in [0.4, 0.5) is 0 Å². The van der Waals surface area contributed by atoms with Gasteiger partial charge in [0, 0.05) is 6.54 Å². The first-order valence-corrected chi connectivity index (χ1v) is 8.49. The first kappa shape index (κ1) is 19.1. The fraction of sp³-hybridized carbons (Fsp3) is 0.316. The highest BCUT2D eigenvalue weighted by Crippen LogP contribution is 2.36. The maximum Gasteiger partial charge on any atom is 0.237 e. The molecule has 0 radical (unpaired) electrons. The van der Waals surface area contributed by atoms with Gasteiger partial charge >= 0.3 is 0 Å². The minimum absolute atomic E-state index is 0.215. The van der Waals surface area contributed by atoms with Gasteiger partial charge in [-0.05, 0) is 36.6 Å². The standard InChI is InChI=1S/C19H23ClN2O3/c1-3-25-18-15(20)9-14(11-17(18)24-2)12-22-19(23)16(21)10-13-7-5-4-6-8-13/h4-9,11,16H,3,10,12,21H2,1-2H3,(H,22,23)/t16-/m0/s1. The molecule has 0 aliphatic carbocycles. The van der Waals surface area contributed by atoms with Crippen LogP contribution >= 0.6 is 11.6 Å². The fourth-order valence-corrected chi connectivity index (χ4v) is 2.73. The molecule has 0 spiro atoms. The number of carbonyl (C=O) groups excluding carboxylic acids is 1. The van der Waals surface area contributed by atoms with Crippen molar-refractivity contribution in [1.29, 1.82) is 0 Å². The van der Waals surface area contributed by atoms with Gasteiger partial charge in [0.05, 0.1) is 24.8 Å². The second-order valence-corrected chi connectivity index (χ2v) is 5.96. The third-order valence-corrected chi connectivity index (χ3v) is 3.96. The lowest BCUT2D eigenvalue weighted by atomic mass is 10.1. The summed E-state index contributed by atoms with van der Waals surface area (Å²) in [6, 6.07) is 12.6. The highest BCUT2D eigenvalue weighted by molar-refractivity contribution is 6.32. The van der Waals surface area contributed by atoms with E-state index in [1.807, 2.05) is 37.3 Å². The van der Waals surface area contributed by atoms with E-state index in [2.05, 4.69) is 5.32 Å². The van der Waals surface area contributed by atoms with Gasteiger partial charge in [0.1, 0.15) is 0 Å². The molecule has 0 aliphatic heterocycles. The van der Waals surface area contributed by atoms with Crippen LogP contribution < -0.4 is 20.5 Å². The molecular weight excluding hydrogens is 340 g/mol. The quantitative estimate of drug-likeness (QED) is 0.757. The Morgan fingerprint density at radius 3 is 2.60 bits per heavy atom. The summed E-state index contributed by atoms with van der Waals surface area (Å²) < 4.78 is 10.8. The van der Waals surface area contributed by atoms with Crippen molar-refractivity contribution in [2.75, 3.05) is 13.7 Å². The van der Waals surface area contributed by atoms with Gasteiger partial charge in [-0.1, -0.05) is 41.9 Å². The van der Waals surface area contributed by atoms with Crippen LogP contribution in [-0.2, 0) is 17.8 Å². The van der Waals surface area contributed by atoms with Crippen LogP contribution in [0, 0.1) is 0 Å². The molecule has 2 aromatic carbocycles. The van der Waals surface area contributed by atoms with Gasteiger partial charge < -0.3 is 20.5 Å². The molecule has 1 atom stereocenters. The van der Waals surface area contributed by atoms with Gasteiger partial charge in [-0.3, -0.25) is 4.79 Å². The highest BCUT2D eigenvalue weighted by Gasteiger charge is 2.15. The van der Waals surface area contributed by atoms with Crippen LogP contribution in [0.3, 0.4) is 0 Å². The summed E-state index contributed by atoms with van der Waals surface area (Å²) >= 11 is 6.23. The van der Waals surface area contributed by atoms with Crippen molar-refractivity contribution < 1.29 is 14.3 Å². The maximum atomic E-state index is 12.2. The molecule has 0 fully saturated rings. The average molecular weight is 363 g/mol. The number of nitrogens with one attached hydrogen (secondary N) is 1. The monoisotopic (exact) mass is 362 g/mol. The number of halogens is 1. The van der Waals surface area contributed by atoms with Crippen molar-refractivity contribution in [3.05, 3.63) is 58.6 Å². The van der Waals surface area contributed by atoms with Crippen molar-refractivity contribution in [3.63, 3.8) is 0 Å². The lowest BCUT2D eigenvalue weighted by Crippen LogP contribution is -2.41. The summed E-state index contributed by atoms with van der Waals surface area (Å²) in [5.74, 6) is 0.822. The van der Waals surface area contributed by atoms with Crippen molar-refractivity contribution in [2.45, 2.75) is 25.9 Å². The number of nitrogens with two attached hydrogens (primary N) is 1. The van der Waals surface area contributed by atoms with E-state index < -0.39 is 6.04 Å². The van der Waals surface area contributed by atoms with Gasteiger partial charge in [-0.15, -0.1) is 0 Å². The molecule has 0 aliphatic rings. The molecule has 25 heavy (non-hydrogen) atoms. The molecule has 6 heteroatoms. The largest absolute Gasteiger partial charge is 0.493 e. The topological polar surface area (TPSA) is 73.6 Å². The average Bonchev–Trinajstić information content (AvgIpc) is 2.62. The van der Waals surface area contributed by atoms with E-state index in [1.165, 1.54) is 0 Å². The Bertz CT molecular complexity index is 707. The molecule has 0 heterocycles. The van der Waals surface area contributed by atoms with E-state index >= 15 is 0 Å². The summed E-state index contributed by atoms with van der Waals surface area (Å²) in [6.07, 6.45) is 0.486. The zero-order valence-corrected chi connectivity index (χ0v) is 15.2. The molecule has 2 rings (SSSR count). The third kappa shape index (κ3) is 5.37. The van der Waals surface area contributed by atoms with Gasteiger partial charge in [0.15, 0.2) is 11.5 Å². The molecule has 1 amide bonds. The minimum Gasteiger partial charge on any atom is -0.493 e. The Kier molecular flexibility index (Phi) is 7.10. The summed E-state index contributed by atoms with van der Waals surface area (Å²) in [7, 11) is 1.55. The number of hydrogen-bond donors (Lipinski definition) is 2. The molecular formula is C19H23ClN2O3. The van der Waals surface area contributed by atoms with E-state index in [0.717, 1.165) is 11.1 Å². The van der Waals surface area contributed by atoms with Crippen molar-refractivity contribution in [1.82, 2.24) is 5.32 Å². The van der Waals surface area contributed by atoms with E-state index in [9.17, 15) is 4.79 Å². The fourth-order valence-electron chi connectivity index (χ4n) is 2.44. The van der Waals surface area contributed by atoms with E-state index in [1.54, 1.807) is 19.2 Å². The first-order valence-electron chi connectivity index (χ1n) is 8.11. The number of methoxy groups -OCH3 is 1. The second kappa shape index (κ2) is 9.30. The minimum atomic E-state index is -0.609. The predicted octanol–water partition coefficient (Wildman–Crippen LogP) is 2.93. The Labute approximate surface area is 153 Å². The number of ether oxygens (including phenoxy) is 2. The van der Waals surface area contributed by atoms with Gasteiger partial charge in [-0.25, -0.2) is 0 Å². The van der Waals surface area contributed by atoms with Gasteiger partial charge in [-0.2, -0.15) is 0 Å². The number of carbonyl (C=O) groups is 1.